The molecule has 5 heteroatoms. The van der Waals surface area contributed by atoms with Gasteiger partial charge in [0.25, 0.3) is 5.24 Å². The number of nitrogens with zero attached hydrogens (tertiary/aromatic N) is 2. The van der Waals surface area contributed by atoms with Crippen molar-refractivity contribution in [1.29, 1.82) is 0 Å². The number of ether oxygens (including phenoxy) is 1. The third kappa shape index (κ3) is 1.57. The lowest BCUT2D eigenvalue weighted by atomic mass is 10.2. The summed E-state index contributed by atoms with van der Waals surface area (Å²) in [6, 6.07) is 5.33. The van der Waals surface area contributed by atoms with Crippen LogP contribution in [0.15, 0.2) is 18.2 Å². The fraction of sp³-hybridized carbons (Fsp3) is 0.200. The minimum Gasteiger partial charge on any atom is -0.497 e. The number of benzene rings is 1. The summed E-state index contributed by atoms with van der Waals surface area (Å²) in [7, 11) is 3.25. The quantitative estimate of drug-likeness (QED) is 0.733. The highest BCUT2D eigenvalue weighted by Gasteiger charge is 2.14. The van der Waals surface area contributed by atoms with Gasteiger partial charge in [-0.05, 0) is 29.8 Å². The van der Waals surface area contributed by atoms with Crippen LogP contribution in [0.5, 0.6) is 5.75 Å². The van der Waals surface area contributed by atoms with Gasteiger partial charge in [-0.25, -0.2) is 0 Å². The first kappa shape index (κ1) is 9.98. The van der Waals surface area contributed by atoms with Crippen LogP contribution in [0.4, 0.5) is 0 Å². The van der Waals surface area contributed by atoms with E-state index in [9.17, 15) is 4.79 Å². The number of halogens is 1. The van der Waals surface area contributed by atoms with E-state index in [1.165, 1.54) is 4.68 Å². The molecule has 1 aromatic heterocycles. The van der Waals surface area contributed by atoms with E-state index >= 15 is 0 Å². The standard InChI is InChI=1S/C10H9ClN2O2/c1-13-9(10(11)14)7-5-6(15-2)3-4-8(7)12-13/h3-5H,1-2H3. The lowest BCUT2D eigenvalue weighted by Crippen LogP contribution is -2.00. The summed E-state index contributed by atoms with van der Waals surface area (Å²) in [5.41, 5.74) is 1.10. The number of carbonyl (C=O) groups is 1. The molecule has 0 radical (unpaired) electrons. The highest BCUT2D eigenvalue weighted by Crippen LogP contribution is 2.24. The third-order valence-corrected chi connectivity index (χ3v) is 2.41. The second-order valence-corrected chi connectivity index (χ2v) is 3.47. The van der Waals surface area contributed by atoms with Crippen LogP contribution in [0.25, 0.3) is 10.9 Å². The molecule has 1 heterocycles. The molecule has 2 aromatic rings. The molecule has 0 fully saturated rings. The maximum absolute atomic E-state index is 11.2. The van der Waals surface area contributed by atoms with Crippen molar-refractivity contribution in [2.24, 2.45) is 7.05 Å². The largest absolute Gasteiger partial charge is 0.497 e. The van der Waals surface area contributed by atoms with Crippen LogP contribution >= 0.6 is 11.6 Å². The molecule has 1 aromatic carbocycles. The predicted molar refractivity (Wildman–Crippen MR) is 57.4 cm³/mol. The molecule has 0 aliphatic rings. The number of aromatic nitrogens is 2. The second-order valence-electron chi connectivity index (χ2n) is 3.13. The Hall–Kier alpha value is -1.55. The van der Waals surface area contributed by atoms with E-state index in [0.717, 1.165) is 5.52 Å². The van der Waals surface area contributed by atoms with Gasteiger partial charge in [-0.1, -0.05) is 0 Å². The zero-order valence-corrected chi connectivity index (χ0v) is 9.08. The van der Waals surface area contributed by atoms with Crippen LogP contribution in [-0.2, 0) is 7.05 Å². The first-order chi connectivity index (χ1) is 7.13. The maximum Gasteiger partial charge on any atom is 0.271 e. The van der Waals surface area contributed by atoms with Gasteiger partial charge in [-0.15, -0.1) is 0 Å². The summed E-state index contributed by atoms with van der Waals surface area (Å²) in [5, 5.41) is 4.35. The zero-order chi connectivity index (χ0) is 11.0. The van der Waals surface area contributed by atoms with Gasteiger partial charge in [-0.2, -0.15) is 5.10 Å². The topological polar surface area (TPSA) is 44.1 Å². The number of methoxy groups -OCH3 is 1. The van der Waals surface area contributed by atoms with E-state index in [1.54, 1.807) is 32.4 Å². The molecule has 0 aliphatic carbocycles. The smallest absolute Gasteiger partial charge is 0.271 e. The SMILES string of the molecule is COc1ccc2nn(C)c(C(=O)Cl)c2c1. The van der Waals surface area contributed by atoms with Crippen molar-refractivity contribution < 1.29 is 9.53 Å². The summed E-state index contributed by atoms with van der Waals surface area (Å²) in [6.07, 6.45) is 0. The molecule has 0 aliphatic heterocycles. The fourth-order valence-electron chi connectivity index (χ4n) is 1.54. The number of rotatable bonds is 2. The van der Waals surface area contributed by atoms with E-state index in [2.05, 4.69) is 5.10 Å². The van der Waals surface area contributed by atoms with Gasteiger partial charge in [-0.3, -0.25) is 9.48 Å². The van der Waals surface area contributed by atoms with Crippen molar-refractivity contribution in [3.05, 3.63) is 23.9 Å². The maximum atomic E-state index is 11.2. The number of hydrogen-bond acceptors (Lipinski definition) is 3. The van der Waals surface area contributed by atoms with Gasteiger partial charge in [0, 0.05) is 12.4 Å². The zero-order valence-electron chi connectivity index (χ0n) is 8.32. The lowest BCUT2D eigenvalue weighted by molar-refractivity contribution is 0.107. The van der Waals surface area contributed by atoms with Gasteiger partial charge in [0.1, 0.15) is 11.4 Å². The summed E-state index contributed by atoms with van der Waals surface area (Å²) in [4.78, 5) is 11.2. The fourth-order valence-corrected chi connectivity index (χ4v) is 1.76. The Labute approximate surface area is 91.4 Å². The molecule has 0 bridgehead atoms. The molecule has 15 heavy (non-hydrogen) atoms. The molecule has 78 valence electrons. The van der Waals surface area contributed by atoms with Gasteiger partial charge >= 0.3 is 0 Å². The molecule has 2 rings (SSSR count). The van der Waals surface area contributed by atoms with Crippen LogP contribution < -0.4 is 4.74 Å². The number of aryl methyl sites for hydroxylation is 1. The minimum absolute atomic E-state index is 0.380. The summed E-state index contributed by atoms with van der Waals surface area (Å²) >= 11 is 5.48. The van der Waals surface area contributed by atoms with E-state index in [1.807, 2.05) is 0 Å². The van der Waals surface area contributed by atoms with Gasteiger partial charge in [0.15, 0.2) is 0 Å². The van der Waals surface area contributed by atoms with Crippen molar-refractivity contribution in [1.82, 2.24) is 9.78 Å². The number of hydrogen-bond donors (Lipinski definition) is 0. The highest BCUT2D eigenvalue weighted by molar-refractivity contribution is 6.68. The number of fused-ring (bicyclic) bond motifs is 1. The predicted octanol–water partition coefficient (Wildman–Crippen LogP) is 1.96. The van der Waals surface area contributed by atoms with Crippen molar-refractivity contribution >= 4 is 27.7 Å². The van der Waals surface area contributed by atoms with Crippen LogP contribution in [0.3, 0.4) is 0 Å². The molecule has 0 atom stereocenters. The van der Waals surface area contributed by atoms with Crippen molar-refractivity contribution in [3.8, 4) is 5.75 Å². The average molecular weight is 225 g/mol. The third-order valence-electron chi connectivity index (χ3n) is 2.23. The summed E-state index contributed by atoms with van der Waals surface area (Å²) in [5.74, 6) is 0.676. The van der Waals surface area contributed by atoms with Crippen LogP contribution in [0.2, 0.25) is 0 Å². The first-order valence-corrected chi connectivity index (χ1v) is 4.72. The van der Waals surface area contributed by atoms with Crippen molar-refractivity contribution in [2.75, 3.05) is 7.11 Å². The molecule has 4 nitrogen and oxygen atoms in total. The Morgan fingerprint density at radius 3 is 2.87 bits per heavy atom. The Morgan fingerprint density at radius 2 is 2.27 bits per heavy atom. The first-order valence-electron chi connectivity index (χ1n) is 4.34. The number of carbonyl (C=O) groups excluding carboxylic acids is 1. The van der Waals surface area contributed by atoms with Crippen LogP contribution in [-0.4, -0.2) is 22.1 Å². The van der Waals surface area contributed by atoms with Crippen molar-refractivity contribution in [2.45, 2.75) is 0 Å². The monoisotopic (exact) mass is 224 g/mol. The van der Waals surface area contributed by atoms with Gasteiger partial charge in [0.05, 0.1) is 12.6 Å². The van der Waals surface area contributed by atoms with E-state index in [4.69, 9.17) is 16.3 Å². The van der Waals surface area contributed by atoms with E-state index in [-0.39, 0.29) is 0 Å². The van der Waals surface area contributed by atoms with E-state index < -0.39 is 5.24 Å². The van der Waals surface area contributed by atoms with Crippen molar-refractivity contribution in [3.63, 3.8) is 0 Å². The van der Waals surface area contributed by atoms with Gasteiger partial charge in [0.2, 0.25) is 0 Å². The highest BCUT2D eigenvalue weighted by atomic mass is 35.5. The average Bonchev–Trinajstić information content (AvgIpc) is 2.52. The molecule has 0 spiro atoms. The lowest BCUT2D eigenvalue weighted by Gasteiger charge is -1.98. The molecule has 0 amide bonds. The van der Waals surface area contributed by atoms with Crippen LogP contribution in [0, 0.1) is 0 Å². The van der Waals surface area contributed by atoms with Crippen LogP contribution in [0.1, 0.15) is 10.5 Å². The summed E-state index contributed by atoms with van der Waals surface area (Å²) in [6.45, 7) is 0. The Balaban J connectivity index is 2.77. The summed E-state index contributed by atoms with van der Waals surface area (Å²) < 4.78 is 6.55. The molecular weight excluding hydrogens is 216 g/mol. The molecule has 0 N–H and O–H groups in total. The molecule has 0 unspecified atom stereocenters. The normalized spacial score (nSPS) is 10.6. The molecular formula is C10H9ClN2O2. The Morgan fingerprint density at radius 1 is 1.53 bits per heavy atom. The Kier molecular flexibility index (Phi) is 2.36. The van der Waals surface area contributed by atoms with Gasteiger partial charge < -0.3 is 4.74 Å². The second kappa shape index (κ2) is 3.55. The molecule has 0 saturated carbocycles. The van der Waals surface area contributed by atoms with E-state index in [0.29, 0.717) is 16.8 Å². The Bertz CT molecular complexity index is 533. The molecule has 0 saturated heterocycles. The minimum atomic E-state index is -0.520.